The molecule has 0 bridgehead atoms. The normalized spacial score (nSPS) is 13.8. The van der Waals surface area contributed by atoms with Gasteiger partial charge >= 0.3 is 17.8 Å². The second-order valence-corrected chi connectivity index (χ2v) is 12.9. The molecule has 0 aliphatic carbocycles. The first-order chi connectivity index (χ1) is 23.8. The molecule has 6 rings (SSSR count). The van der Waals surface area contributed by atoms with Gasteiger partial charge in [-0.3, -0.25) is 14.4 Å². The van der Waals surface area contributed by atoms with E-state index in [1.54, 1.807) is 42.2 Å². The molecule has 3 heterocycles. The number of carboxylic acids is 1. The lowest BCUT2D eigenvalue weighted by Crippen LogP contribution is -2.38. The highest BCUT2D eigenvalue weighted by atomic mass is 32.1. The number of aliphatic carboxylic acids is 1. The number of phenols is 1. The number of hydrogen-bond donors (Lipinski definition) is 2. The topological polar surface area (TPSA) is 141 Å². The molecule has 2 amide bonds. The Labute approximate surface area is 287 Å². The number of carboxylic acid groups (broad SMARTS) is 1. The van der Waals surface area contributed by atoms with Crippen molar-refractivity contribution in [3.8, 4) is 16.9 Å². The smallest absolute Gasteiger partial charge is 0.416 e. The largest absolute Gasteiger partial charge is 0.507 e. The number of halogens is 3. The van der Waals surface area contributed by atoms with Gasteiger partial charge in [0.25, 0.3) is 11.8 Å². The maximum atomic E-state index is 13.6. The number of hydrogen-bond acceptors (Lipinski definition) is 8. The van der Waals surface area contributed by atoms with Crippen molar-refractivity contribution < 1.29 is 42.2 Å². The van der Waals surface area contributed by atoms with Gasteiger partial charge in [0, 0.05) is 41.4 Å². The summed E-state index contributed by atoms with van der Waals surface area (Å²) in [5, 5.41) is 22.9. The van der Waals surface area contributed by atoms with Gasteiger partial charge in [0.1, 0.15) is 23.6 Å². The average molecular weight is 706 g/mol. The Morgan fingerprint density at radius 1 is 1.04 bits per heavy atom. The Morgan fingerprint density at radius 2 is 1.74 bits per heavy atom. The van der Waals surface area contributed by atoms with Crippen LogP contribution < -0.4 is 5.63 Å². The minimum absolute atomic E-state index is 0.0209. The number of likely N-dealkylation sites (tertiary alicyclic amines) is 1. The van der Waals surface area contributed by atoms with Crippen LogP contribution >= 0.6 is 11.3 Å². The van der Waals surface area contributed by atoms with E-state index in [0.29, 0.717) is 58.6 Å². The van der Waals surface area contributed by atoms with Gasteiger partial charge in [-0.1, -0.05) is 30.3 Å². The number of nitrogens with zero attached hydrogens (tertiary/aromatic N) is 3. The number of carbonyl (C=O) groups excluding carboxylic acids is 2. The van der Waals surface area contributed by atoms with E-state index in [-0.39, 0.29) is 41.0 Å². The molecule has 1 fully saturated rings. The first kappa shape index (κ1) is 34.4. The fraction of sp³-hybridized carbons (Fsp3) is 0.250. The van der Waals surface area contributed by atoms with Gasteiger partial charge in [-0.05, 0) is 66.8 Å². The molecule has 1 aliphatic rings. The number of phenolic OH excluding ortho intramolecular Hbond substituents is 1. The van der Waals surface area contributed by atoms with Gasteiger partial charge in [-0.15, -0.1) is 11.3 Å². The Bertz CT molecular complexity index is 2150. The van der Waals surface area contributed by atoms with Crippen LogP contribution in [0.25, 0.3) is 22.1 Å². The fourth-order valence-corrected chi connectivity index (χ4v) is 7.10. The minimum Gasteiger partial charge on any atom is -0.507 e. The van der Waals surface area contributed by atoms with E-state index < -0.39 is 35.8 Å². The number of piperidine rings is 1. The lowest BCUT2D eigenvalue weighted by Gasteiger charge is -2.31. The molecule has 50 heavy (non-hydrogen) atoms. The van der Waals surface area contributed by atoms with E-state index >= 15 is 0 Å². The van der Waals surface area contributed by atoms with Crippen molar-refractivity contribution in [2.75, 3.05) is 19.6 Å². The number of thiazole rings is 1. The van der Waals surface area contributed by atoms with Crippen LogP contribution in [0, 0.1) is 6.92 Å². The van der Waals surface area contributed by atoms with Gasteiger partial charge < -0.3 is 24.4 Å². The summed E-state index contributed by atoms with van der Waals surface area (Å²) in [6.45, 7) is 1.39. The first-order valence-corrected chi connectivity index (χ1v) is 16.5. The summed E-state index contributed by atoms with van der Waals surface area (Å²) in [7, 11) is 0. The second-order valence-electron chi connectivity index (χ2n) is 12.0. The number of aromatic nitrogens is 1. The number of aromatic hydroxyl groups is 1. The zero-order chi connectivity index (χ0) is 35.7. The SMILES string of the molecule is Cc1cc(=O)oc2c(CN(CC(=O)O)C(=O)c3csc(C4CCN(C(=O)c5ccccc5-c5ccc(C(F)(F)F)cc5)CC4)n3)c(O)ccc12. The van der Waals surface area contributed by atoms with Crippen molar-refractivity contribution in [1.29, 1.82) is 0 Å². The quantitative estimate of drug-likeness (QED) is 0.170. The highest BCUT2D eigenvalue weighted by Crippen LogP contribution is 2.35. The van der Waals surface area contributed by atoms with E-state index in [2.05, 4.69) is 4.98 Å². The van der Waals surface area contributed by atoms with Crippen molar-refractivity contribution >= 4 is 40.1 Å². The maximum Gasteiger partial charge on any atom is 0.416 e. The summed E-state index contributed by atoms with van der Waals surface area (Å²) >= 11 is 1.25. The lowest BCUT2D eigenvalue weighted by molar-refractivity contribution is -0.138. The van der Waals surface area contributed by atoms with Crippen LogP contribution in [0.1, 0.15) is 61.3 Å². The number of carbonyl (C=O) groups is 3. The molecule has 2 aromatic heterocycles. The molecular weight excluding hydrogens is 675 g/mol. The minimum atomic E-state index is -4.47. The third-order valence-electron chi connectivity index (χ3n) is 8.71. The second kappa shape index (κ2) is 13.8. The standard InChI is InChI=1S/C36H30F3N3O7S/c1-20-16-31(46)49-32-24(20)10-11-29(43)27(32)17-42(18-30(44)45)35(48)28-19-50-33(40-28)22-12-14-41(15-13-22)34(47)26-5-3-2-4-25(26)21-6-8-23(9-7-21)36(37,38)39/h2-11,16,19,22,43H,12-15,17-18H2,1H3,(H,44,45). The van der Waals surface area contributed by atoms with Crippen LogP contribution in [-0.2, 0) is 17.5 Å². The summed E-state index contributed by atoms with van der Waals surface area (Å²) < 4.78 is 44.6. The van der Waals surface area contributed by atoms with E-state index in [9.17, 15) is 42.6 Å². The number of fused-ring (bicyclic) bond motifs is 1. The molecule has 1 aliphatic heterocycles. The predicted molar refractivity (Wildman–Crippen MR) is 178 cm³/mol. The van der Waals surface area contributed by atoms with Gasteiger partial charge in [-0.25, -0.2) is 9.78 Å². The Kier molecular flexibility index (Phi) is 9.47. The fourth-order valence-electron chi connectivity index (χ4n) is 6.13. The van der Waals surface area contributed by atoms with E-state index in [0.717, 1.165) is 17.0 Å². The van der Waals surface area contributed by atoms with Gasteiger partial charge in [0.2, 0.25) is 0 Å². The van der Waals surface area contributed by atoms with Crippen molar-refractivity contribution in [1.82, 2.24) is 14.8 Å². The highest BCUT2D eigenvalue weighted by molar-refractivity contribution is 7.09. The molecule has 0 radical (unpaired) electrons. The highest BCUT2D eigenvalue weighted by Gasteiger charge is 2.32. The van der Waals surface area contributed by atoms with Crippen molar-refractivity contribution in [3.63, 3.8) is 0 Å². The Balaban J connectivity index is 1.16. The molecule has 258 valence electrons. The van der Waals surface area contributed by atoms with Gasteiger partial charge in [0.15, 0.2) is 0 Å². The molecule has 0 spiro atoms. The van der Waals surface area contributed by atoms with Crippen LogP contribution in [0.2, 0.25) is 0 Å². The summed E-state index contributed by atoms with van der Waals surface area (Å²) in [5.74, 6) is -2.57. The third-order valence-corrected chi connectivity index (χ3v) is 9.72. The van der Waals surface area contributed by atoms with Crippen LogP contribution in [0.3, 0.4) is 0 Å². The zero-order valence-electron chi connectivity index (χ0n) is 26.6. The summed E-state index contributed by atoms with van der Waals surface area (Å²) in [6.07, 6.45) is -3.39. The summed E-state index contributed by atoms with van der Waals surface area (Å²) in [5.41, 5.74) is 0.715. The average Bonchev–Trinajstić information content (AvgIpc) is 3.58. The van der Waals surface area contributed by atoms with Crippen LogP contribution in [0.5, 0.6) is 5.75 Å². The molecular formula is C36H30F3N3O7S. The Hall–Kier alpha value is -5.50. The molecule has 0 atom stereocenters. The number of benzene rings is 3. The number of aryl methyl sites for hydroxylation is 1. The first-order valence-electron chi connectivity index (χ1n) is 15.6. The summed E-state index contributed by atoms with van der Waals surface area (Å²) in [4.78, 5) is 58.3. The molecule has 0 saturated carbocycles. The molecule has 5 aromatic rings. The third kappa shape index (κ3) is 7.10. The molecule has 0 unspecified atom stereocenters. The Morgan fingerprint density at radius 3 is 2.42 bits per heavy atom. The van der Waals surface area contributed by atoms with Gasteiger partial charge in [0.05, 0.1) is 22.7 Å². The van der Waals surface area contributed by atoms with Crippen molar-refractivity contribution in [2.24, 2.45) is 0 Å². The van der Waals surface area contributed by atoms with E-state index in [1.807, 2.05) is 0 Å². The van der Waals surface area contributed by atoms with Gasteiger partial charge in [-0.2, -0.15) is 13.2 Å². The molecule has 14 heteroatoms. The zero-order valence-corrected chi connectivity index (χ0v) is 27.4. The van der Waals surface area contributed by atoms with E-state index in [1.165, 1.54) is 41.0 Å². The van der Waals surface area contributed by atoms with E-state index in [4.69, 9.17) is 4.42 Å². The monoisotopic (exact) mass is 705 g/mol. The number of rotatable bonds is 8. The number of alkyl halides is 3. The van der Waals surface area contributed by atoms with Crippen LogP contribution in [0.4, 0.5) is 13.2 Å². The molecule has 1 saturated heterocycles. The van der Waals surface area contributed by atoms with Crippen molar-refractivity contribution in [2.45, 2.75) is 38.4 Å². The molecule has 10 nitrogen and oxygen atoms in total. The lowest BCUT2D eigenvalue weighted by atomic mass is 9.94. The summed E-state index contributed by atoms with van der Waals surface area (Å²) in [6, 6.07) is 15.7. The van der Waals surface area contributed by atoms with Crippen LogP contribution in [0.15, 0.2) is 81.3 Å². The van der Waals surface area contributed by atoms with Crippen molar-refractivity contribution in [3.05, 3.63) is 115 Å². The molecule has 2 N–H and O–H groups in total. The maximum absolute atomic E-state index is 13.6. The predicted octanol–water partition coefficient (Wildman–Crippen LogP) is 6.70. The van der Waals surface area contributed by atoms with Crippen LogP contribution in [-0.4, -0.2) is 62.4 Å². The number of amides is 2. The molecule has 3 aromatic carbocycles.